The summed E-state index contributed by atoms with van der Waals surface area (Å²) in [6.45, 7) is 8.44. The lowest BCUT2D eigenvalue weighted by Gasteiger charge is -2.34. The molecule has 2 unspecified atom stereocenters. The highest BCUT2D eigenvalue weighted by Crippen LogP contribution is 2.38. The van der Waals surface area contributed by atoms with Crippen LogP contribution in [-0.4, -0.2) is 24.4 Å². The summed E-state index contributed by atoms with van der Waals surface area (Å²) in [6, 6.07) is 15.9. The molecule has 5 heteroatoms. The molecule has 1 aliphatic heterocycles. The van der Waals surface area contributed by atoms with Crippen LogP contribution >= 0.6 is 0 Å². The van der Waals surface area contributed by atoms with Gasteiger partial charge in [-0.15, -0.1) is 0 Å². The Morgan fingerprint density at radius 1 is 1.00 bits per heavy atom. The van der Waals surface area contributed by atoms with Gasteiger partial charge in [0.15, 0.2) is 0 Å². The van der Waals surface area contributed by atoms with Gasteiger partial charge in [0.2, 0.25) is 11.8 Å². The molecule has 2 amide bonds. The summed E-state index contributed by atoms with van der Waals surface area (Å²) in [5.41, 5.74) is 3.98. The highest BCUT2D eigenvalue weighted by molar-refractivity contribution is 5.92. The third kappa shape index (κ3) is 4.42. The molecular formula is C23H29N3O2. The second-order valence-corrected chi connectivity index (χ2v) is 8.00. The van der Waals surface area contributed by atoms with Crippen molar-refractivity contribution in [3.8, 4) is 0 Å². The number of hydrogen-bond donors (Lipinski definition) is 3. The van der Waals surface area contributed by atoms with Crippen LogP contribution < -0.4 is 16.0 Å². The van der Waals surface area contributed by atoms with Crippen molar-refractivity contribution in [2.24, 2.45) is 5.92 Å². The van der Waals surface area contributed by atoms with E-state index in [0.717, 1.165) is 22.4 Å². The van der Waals surface area contributed by atoms with Gasteiger partial charge in [0, 0.05) is 11.7 Å². The summed E-state index contributed by atoms with van der Waals surface area (Å²) in [4.78, 5) is 24.7. The van der Waals surface area contributed by atoms with Crippen molar-refractivity contribution < 1.29 is 9.59 Å². The van der Waals surface area contributed by atoms with Crippen LogP contribution in [-0.2, 0) is 9.59 Å². The second kappa shape index (κ2) is 8.57. The molecule has 2 aromatic carbocycles. The minimum Gasteiger partial charge on any atom is -0.345 e. The maximum absolute atomic E-state index is 12.7. The predicted molar refractivity (Wildman–Crippen MR) is 112 cm³/mol. The topological polar surface area (TPSA) is 70.2 Å². The first-order valence-corrected chi connectivity index (χ1v) is 9.89. The van der Waals surface area contributed by atoms with Crippen molar-refractivity contribution in [3.63, 3.8) is 0 Å². The largest absolute Gasteiger partial charge is 0.345 e. The lowest BCUT2D eigenvalue weighted by molar-refractivity contribution is -0.124. The Kier molecular flexibility index (Phi) is 6.15. The normalized spacial score (nSPS) is 18.7. The Morgan fingerprint density at radius 3 is 2.25 bits per heavy atom. The fourth-order valence-corrected chi connectivity index (χ4v) is 3.69. The molecular weight excluding hydrogens is 350 g/mol. The molecule has 0 saturated carbocycles. The van der Waals surface area contributed by atoms with Crippen LogP contribution in [0.2, 0.25) is 0 Å². The van der Waals surface area contributed by atoms with E-state index in [1.165, 1.54) is 0 Å². The molecule has 0 aliphatic carbocycles. The minimum absolute atomic E-state index is 0.0656. The molecule has 1 aliphatic rings. The second-order valence-electron chi connectivity index (χ2n) is 8.00. The average molecular weight is 380 g/mol. The van der Waals surface area contributed by atoms with Gasteiger partial charge in [-0.3, -0.25) is 9.59 Å². The van der Waals surface area contributed by atoms with Crippen LogP contribution in [0.1, 0.15) is 56.3 Å². The monoisotopic (exact) mass is 379 g/mol. The molecule has 3 rings (SSSR count). The molecule has 2 aromatic rings. The van der Waals surface area contributed by atoms with Gasteiger partial charge in [-0.25, -0.2) is 0 Å². The van der Waals surface area contributed by atoms with E-state index in [4.69, 9.17) is 0 Å². The smallest absolute Gasteiger partial charge is 0.238 e. The van der Waals surface area contributed by atoms with Crippen LogP contribution in [0, 0.1) is 5.92 Å². The van der Waals surface area contributed by atoms with Gasteiger partial charge in [0.25, 0.3) is 0 Å². The Morgan fingerprint density at radius 2 is 1.64 bits per heavy atom. The Hall–Kier alpha value is -2.66. The van der Waals surface area contributed by atoms with Gasteiger partial charge < -0.3 is 16.0 Å². The fraction of sp³-hybridized carbons (Fsp3) is 0.391. The number of rotatable bonds is 6. The Labute approximate surface area is 166 Å². The number of carbonyl (C=O) groups is 2. The first-order chi connectivity index (χ1) is 13.4. The van der Waals surface area contributed by atoms with Crippen molar-refractivity contribution >= 4 is 17.5 Å². The lowest BCUT2D eigenvalue weighted by atomic mass is 9.78. The van der Waals surface area contributed by atoms with Crippen molar-refractivity contribution in [2.75, 3.05) is 11.9 Å². The number of hydrogen-bond acceptors (Lipinski definition) is 3. The lowest BCUT2D eigenvalue weighted by Crippen LogP contribution is -2.40. The minimum atomic E-state index is -0.175. The highest BCUT2D eigenvalue weighted by atomic mass is 16.2. The van der Waals surface area contributed by atoms with Gasteiger partial charge in [0.05, 0.1) is 18.5 Å². The first kappa shape index (κ1) is 20.1. The summed E-state index contributed by atoms with van der Waals surface area (Å²) in [5.74, 6) is 0.104. The van der Waals surface area contributed by atoms with Gasteiger partial charge in [-0.05, 0) is 34.7 Å². The van der Waals surface area contributed by atoms with Crippen LogP contribution in [0.25, 0.3) is 0 Å². The first-order valence-electron chi connectivity index (χ1n) is 9.89. The zero-order valence-corrected chi connectivity index (χ0v) is 17.0. The molecule has 0 bridgehead atoms. The van der Waals surface area contributed by atoms with Gasteiger partial charge in [-0.1, -0.05) is 64.1 Å². The van der Waals surface area contributed by atoms with Crippen LogP contribution in [0.5, 0.6) is 0 Å². The molecule has 0 fully saturated rings. The van der Waals surface area contributed by atoms with E-state index in [0.29, 0.717) is 0 Å². The summed E-state index contributed by atoms with van der Waals surface area (Å²) < 4.78 is 0. The van der Waals surface area contributed by atoms with Crippen molar-refractivity contribution in [3.05, 3.63) is 65.2 Å². The maximum atomic E-state index is 12.7. The number of benzene rings is 2. The molecule has 1 heterocycles. The van der Waals surface area contributed by atoms with Crippen molar-refractivity contribution in [1.29, 1.82) is 0 Å². The SMILES string of the molecule is CC(C)NCC(=O)Nc1ccc(C2NC(=O)C(C(C)C)c3ccccc32)cc1. The summed E-state index contributed by atoms with van der Waals surface area (Å²) in [5, 5.41) is 9.16. The number of amides is 2. The van der Waals surface area contributed by atoms with E-state index in [1.54, 1.807) is 0 Å². The van der Waals surface area contributed by atoms with E-state index in [2.05, 4.69) is 41.9 Å². The Balaban J connectivity index is 1.79. The number of nitrogens with one attached hydrogen (secondary N) is 3. The third-order valence-electron chi connectivity index (χ3n) is 5.08. The third-order valence-corrected chi connectivity index (χ3v) is 5.08. The van der Waals surface area contributed by atoms with Crippen molar-refractivity contribution in [2.45, 2.75) is 45.7 Å². The molecule has 3 N–H and O–H groups in total. The maximum Gasteiger partial charge on any atom is 0.238 e. The molecule has 5 nitrogen and oxygen atoms in total. The fourth-order valence-electron chi connectivity index (χ4n) is 3.69. The van der Waals surface area contributed by atoms with E-state index in [9.17, 15) is 9.59 Å². The van der Waals surface area contributed by atoms with E-state index >= 15 is 0 Å². The predicted octanol–water partition coefficient (Wildman–Crippen LogP) is 3.58. The van der Waals surface area contributed by atoms with Gasteiger partial charge >= 0.3 is 0 Å². The van der Waals surface area contributed by atoms with Crippen LogP contribution in [0.3, 0.4) is 0 Å². The molecule has 0 radical (unpaired) electrons. The number of fused-ring (bicyclic) bond motifs is 1. The van der Waals surface area contributed by atoms with Crippen LogP contribution in [0.15, 0.2) is 48.5 Å². The average Bonchev–Trinajstić information content (AvgIpc) is 2.66. The summed E-state index contributed by atoms with van der Waals surface area (Å²) in [6.07, 6.45) is 0. The van der Waals surface area contributed by atoms with Crippen molar-refractivity contribution in [1.82, 2.24) is 10.6 Å². The Bertz CT molecular complexity index is 843. The van der Waals surface area contributed by atoms with Crippen LogP contribution in [0.4, 0.5) is 5.69 Å². The summed E-state index contributed by atoms with van der Waals surface area (Å²) >= 11 is 0. The zero-order chi connectivity index (χ0) is 20.3. The molecule has 2 atom stereocenters. The molecule has 148 valence electrons. The van der Waals surface area contributed by atoms with E-state index in [-0.39, 0.29) is 42.3 Å². The number of anilines is 1. The molecule has 0 spiro atoms. The van der Waals surface area contributed by atoms with Gasteiger partial charge in [0.1, 0.15) is 0 Å². The van der Waals surface area contributed by atoms with E-state index < -0.39 is 0 Å². The highest BCUT2D eigenvalue weighted by Gasteiger charge is 2.35. The molecule has 0 saturated heterocycles. The number of carbonyl (C=O) groups excluding carboxylic acids is 2. The molecule has 0 aromatic heterocycles. The quantitative estimate of drug-likeness (QED) is 0.718. The zero-order valence-electron chi connectivity index (χ0n) is 17.0. The standard InChI is InChI=1S/C23H29N3O2/c1-14(2)21-18-7-5-6-8-19(18)22(26-23(21)28)16-9-11-17(12-10-16)25-20(27)13-24-15(3)4/h5-12,14-15,21-22,24H,13H2,1-4H3,(H,25,27)(H,26,28). The summed E-state index contributed by atoms with van der Waals surface area (Å²) in [7, 11) is 0. The molecule has 28 heavy (non-hydrogen) atoms. The van der Waals surface area contributed by atoms with Gasteiger partial charge in [-0.2, -0.15) is 0 Å². The van der Waals surface area contributed by atoms with E-state index in [1.807, 2.05) is 50.2 Å².